The molecule has 208 valence electrons. The average Bonchev–Trinajstić information content (AvgIpc) is 3.23. The predicted octanol–water partition coefficient (Wildman–Crippen LogP) is 7.48. The second-order valence-corrected chi connectivity index (χ2v) is 11.4. The number of anilines is 1. The van der Waals surface area contributed by atoms with Crippen molar-refractivity contribution < 1.29 is 23.9 Å². The van der Waals surface area contributed by atoms with Gasteiger partial charge in [0.15, 0.2) is 18.1 Å². The summed E-state index contributed by atoms with van der Waals surface area (Å²) in [6, 6.07) is 22.7. The van der Waals surface area contributed by atoms with E-state index in [-0.39, 0.29) is 30.2 Å². The number of methoxy groups -OCH3 is 1. The summed E-state index contributed by atoms with van der Waals surface area (Å²) in [5.74, 6) is 0.133. The maximum absolute atomic E-state index is 13.1. The molecule has 0 spiro atoms. The van der Waals surface area contributed by atoms with E-state index in [9.17, 15) is 14.4 Å². The number of amides is 3. The van der Waals surface area contributed by atoms with Gasteiger partial charge in [-0.3, -0.25) is 19.3 Å². The highest BCUT2D eigenvalue weighted by atomic mass is 79.9. The molecule has 41 heavy (non-hydrogen) atoms. The lowest BCUT2D eigenvalue weighted by molar-refractivity contribution is -0.123. The molecule has 1 heterocycles. The molecule has 0 radical (unpaired) electrons. The molecule has 9 heteroatoms. The molecular weight excluding hydrogens is 604 g/mol. The van der Waals surface area contributed by atoms with Gasteiger partial charge in [-0.25, -0.2) is 0 Å². The summed E-state index contributed by atoms with van der Waals surface area (Å²) in [7, 11) is 1.50. The Labute approximate surface area is 250 Å². The molecule has 3 amide bonds. The second kappa shape index (κ2) is 12.2. The topological polar surface area (TPSA) is 84.9 Å². The number of imide groups is 1. The third-order valence-electron chi connectivity index (χ3n) is 6.87. The molecule has 1 N–H and O–H groups in total. The standard InChI is InChI=1S/C32H27BrN2O5S/c1-19-20(2)26(12-11-25(19)33)34-30(36)18-40-27-13-9-21(15-28(27)39-3)16-29-31(37)35(32(38)41-29)17-22-8-10-23-6-4-5-7-24(23)14-22/h4-16H,17-18H2,1-3H3,(H,34,36)/b29-16-. The summed E-state index contributed by atoms with van der Waals surface area (Å²) < 4.78 is 12.2. The molecule has 5 rings (SSSR count). The summed E-state index contributed by atoms with van der Waals surface area (Å²) in [5, 5.41) is 4.71. The summed E-state index contributed by atoms with van der Waals surface area (Å²) in [6.45, 7) is 3.90. The van der Waals surface area contributed by atoms with Crippen LogP contribution < -0.4 is 14.8 Å². The van der Waals surface area contributed by atoms with Gasteiger partial charge in [-0.15, -0.1) is 0 Å². The molecule has 1 aliphatic heterocycles. The molecule has 0 saturated carbocycles. The molecule has 0 atom stereocenters. The fraction of sp³-hybridized carbons (Fsp3) is 0.156. The van der Waals surface area contributed by atoms with Gasteiger partial charge >= 0.3 is 0 Å². The molecule has 0 unspecified atom stereocenters. The number of benzene rings is 4. The van der Waals surface area contributed by atoms with E-state index < -0.39 is 0 Å². The van der Waals surface area contributed by atoms with Gasteiger partial charge in [0.1, 0.15) is 0 Å². The molecule has 0 aromatic heterocycles. The SMILES string of the molecule is COc1cc(/C=C2\SC(=O)N(Cc3ccc4ccccc4c3)C2=O)ccc1OCC(=O)Nc1ccc(Br)c(C)c1C. The molecule has 7 nitrogen and oxygen atoms in total. The number of hydrogen-bond donors (Lipinski definition) is 1. The third-order valence-corrected chi connectivity index (χ3v) is 8.63. The number of hydrogen-bond acceptors (Lipinski definition) is 6. The number of thioether (sulfide) groups is 1. The first-order chi connectivity index (χ1) is 19.7. The van der Waals surface area contributed by atoms with E-state index in [1.54, 1.807) is 24.3 Å². The van der Waals surface area contributed by atoms with E-state index in [2.05, 4.69) is 21.2 Å². The monoisotopic (exact) mass is 630 g/mol. The van der Waals surface area contributed by atoms with Crippen LogP contribution in [0, 0.1) is 13.8 Å². The Bertz CT molecular complexity index is 1720. The molecule has 0 aliphatic carbocycles. The van der Waals surface area contributed by atoms with Crippen LogP contribution in [-0.4, -0.2) is 35.7 Å². The van der Waals surface area contributed by atoms with Crippen LogP contribution in [0.4, 0.5) is 10.5 Å². The molecule has 4 aromatic rings. The Balaban J connectivity index is 1.25. The summed E-state index contributed by atoms with van der Waals surface area (Å²) in [6.07, 6.45) is 1.66. The third kappa shape index (κ3) is 6.31. The van der Waals surface area contributed by atoms with E-state index in [0.717, 1.165) is 49.4 Å². The van der Waals surface area contributed by atoms with Crippen molar-refractivity contribution in [1.29, 1.82) is 0 Å². The minimum atomic E-state index is -0.345. The van der Waals surface area contributed by atoms with Gasteiger partial charge in [0.25, 0.3) is 17.1 Å². The largest absolute Gasteiger partial charge is 0.493 e. The Morgan fingerprint density at radius 1 is 0.951 bits per heavy atom. The second-order valence-electron chi connectivity index (χ2n) is 9.54. The van der Waals surface area contributed by atoms with Crippen LogP contribution in [0.25, 0.3) is 16.8 Å². The first kappa shape index (κ1) is 28.4. The number of ether oxygens (including phenoxy) is 2. The van der Waals surface area contributed by atoms with Crippen molar-refractivity contribution >= 4 is 67.3 Å². The number of nitrogens with zero attached hydrogens (tertiary/aromatic N) is 1. The van der Waals surface area contributed by atoms with Gasteiger partial charge in [-0.1, -0.05) is 58.4 Å². The Morgan fingerprint density at radius 2 is 1.73 bits per heavy atom. The van der Waals surface area contributed by atoms with Crippen molar-refractivity contribution in [3.8, 4) is 11.5 Å². The first-order valence-corrected chi connectivity index (χ1v) is 14.4. The highest BCUT2D eigenvalue weighted by Gasteiger charge is 2.35. The maximum atomic E-state index is 13.1. The van der Waals surface area contributed by atoms with Crippen molar-refractivity contribution in [2.75, 3.05) is 19.0 Å². The minimum absolute atomic E-state index is 0.199. The predicted molar refractivity (Wildman–Crippen MR) is 166 cm³/mol. The zero-order valence-corrected chi connectivity index (χ0v) is 25.1. The lowest BCUT2D eigenvalue weighted by Crippen LogP contribution is -2.27. The van der Waals surface area contributed by atoms with Crippen molar-refractivity contribution in [3.63, 3.8) is 0 Å². The number of rotatable bonds is 8. The smallest absolute Gasteiger partial charge is 0.293 e. The van der Waals surface area contributed by atoms with Gasteiger partial charge in [0.2, 0.25) is 0 Å². The van der Waals surface area contributed by atoms with Crippen LogP contribution >= 0.6 is 27.7 Å². The normalized spacial score (nSPS) is 14.1. The Kier molecular flexibility index (Phi) is 8.46. The summed E-state index contributed by atoms with van der Waals surface area (Å²) in [5.41, 5.74) is 4.28. The zero-order chi connectivity index (χ0) is 29.1. The lowest BCUT2D eigenvalue weighted by Gasteiger charge is -2.14. The van der Waals surface area contributed by atoms with Crippen LogP contribution in [-0.2, 0) is 16.1 Å². The van der Waals surface area contributed by atoms with Crippen LogP contribution in [0.1, 0.15) is 22.3 Å². The number of halogens is 1. The fourth-order valence-electron chi connectivity index (χ4n) is 4.45. The highest BCUT2D eigenvalue weighted by molar-refractivity contribution is 9.10. The summed E-state index contributed by atoms with van der Waals surface area (Å²) >= 11 is 4.40. The fourth-order valence-corrected chi connectivity index (χ4v) is 5.72. The highest BCUT2D eigenvalue weighted by Crippen LogP contribution is 2.35. The molecule has 1 fully saturated rings. The van der Waals surface area contributed by atoms with Crippen molar-refractivity contribution in [2.45, 2.75) is 20.4 Å². The van der Waals surface area contributed by atoms with Gasteiger partial charge in [-0.05, 0) is 95.0 Å². The van der Waals surface area contributed by atoms with Crippen molar-refractivity contribution in [2.24, 2.45) is 0 Å². The average molecular weight is 632 g/mol. The molecule has 0 bridgehead atoms. The van der Waals surface area contributed by atoms with Gasteiger partial charge in [0.05, 0.1) is 18.6 Å². The Hall–Kier alpha value is -4.08. The first-order valence-electron chi connectivity index (χ1n) is 12.8. The van der Waals surface area contributed by atoms with Gasteiger partial charge in [0, 0.05) is 10.2 Å². The van der Waals surface area contributed by atoms with E-state index in [1.807, 2.05) is 68.4 Å². The van der Waals surface area contributed by atoms with Crippen molar-refractivity contribution in [3.05, 3.63) is 104 Å². The number of carbonyl (C=O) groups is 3. The van der Waals surface area contributed by atoms with Crippen LogP contribution in [0.15, 0.2) is 82.2 Å². The van der Waals surface area contributed by atoms with E-state index >= 15 is 0 Å². The van der Waals surface area contributed by atoms with Crippen LogP contribution in [0.3, 0.4) is 0 Å². The molecule has 1 aliphatic rings. The minimum Gasteiger partial charge on any atom is -0.493 e. The number of carbonyl (C=O) groups excluding carboxylic acids is 3. The number of fused-ring (bicyclic) bond motifs is 1. The van der Waals surface area contributed by atoms with E-state index in [4.69, 9.17) is 9.47 Å². The molecule has 4 aromatic carbocycles. The quantitative estimate of drug-likeness (QED) is 0.203. The van der Waals surface area contributed by atoms with Gasteiger partial charge < -0.3 is 14.8 Å². The van der Waals surface area contributed by atoms with Crippen LogP contribution in [0.2, 0.25) is 0 Å². The Morgan fingerprint density at radius 3 is 2.51 bits per heavy atom. The van der Waals surface area contributed by atoms with Gasteiger partial charge in [-0.2, -0.15) is 0 Å². The summed E-state index contributed by atoms with van der Waals surface area (Å²) in [4.78, 5) is 39.9. The maximum Gasteiger partial charge on any atom is 0.293 e. The lowest BCUT2D eigenvalue weighted by atomic mass is 10.1. The van der Waals surface area contributed by atoms with Crippen LogP contribution in [0.5, 0.6) is 11.5 Å². The van der Waals surface area contributed by atoms with Crippen molar-refractivity contribution in [1.82, 2.24) is 4.90 Å². The number of nitrogens with one attached hydrogen (secondary N) is 1. The molecule has 1 saturated heterocycles. The van der Waals surface area contributed by atoms with E-state index in [0.29, 0.717) is 22.0 Å². The zero-order valence-electron chi connectivity index (χ0n) is 22.7. The van der Waals surface area contributed by atoms with E-state index in [1.165, 1.54) is 12.0 Å². The molecular formula is C32H27BrN2O5S.